The van der Waals surface area contributed by atoms with Crippen molar-refractivity contribution in [2.24, 2.45) is 34.0 Å². The molecule has 2 heterocycles. The largest absolute Gasteiger partial charge is 0.393 e. The molecule has 6 rings (SSSR count). The van der Waals surface area contributed by atoms with Gasteiger partial charge >= 0.3 is 0 Å². The van der Waals surface area contributed by atoms with E-state index in [1.165, 1.54) is 0 Å². The minimum atomic E-state index is -2.10. The molecule has 5 N–H and O–H groups in total. The fraction of sp³-hybridized carbons (Fsp3) is 0.900. The summed E-state index contributed by atoms with van der Waals surface area (Å²) in [5.41, 5.74) is -1.92. The van der Waals surface area contributed by atoms with Gasteiger partial charge in [-0.15, -0.1) is 0 Å². The highest BCUT2D eigenvalue weighted by atomic mass is 16.6. The predicted octanol–water partition coefficient (Wildman–Crippen LogP) is 0.167. The van der Waals surface area contributed by atoms with E-state index in [1.807, 2.05) is 0 Å². The monoisotopic (exact) mass is 366 g/mol. The average Bonchev–Trinajstić information content (AvgIpc) is 2.67. The van der Waals surface area contributed by atoms with Crippen LogP contribution in [0.3, 0.4) is 0 Å². The zero-order chi connectivity index (χ0) is 18.9. The fourth-order valence-electron chi connectivity index (χ4n) is 8.29. The molecular weight excluding hydrogens is 336 g/mol. The summed E-state index contributed by atoms with van der Waals surface area (Å²) < 4.78 is 5.89. The van der Waals surface area contributed by atoms with Crippen molar-refractivity contribution < 1.29 is 30.3 Å². The number of aliphatic hydroxyl groups excluding tert-OH is 4. The van der Waals surface area contributed by atoms with Gasteiger partial charge in [-0.2, -0.15) is 0 Å². The summed E-state index contributed by atoms with van der Waals surface area (Å²) in [6.45, 7) is 8.37. The van der Waals surface area contributed by atoms with Gasteiger partial charge in [-0.1, -0.05) is 26.8 Å². The van der Waals surface area contributed by atoms with Crippen LogP contribution in [-0.2, 0) is 4.74 Å². The Labute approximate surface area is 153 Å². The molecule has 4 aliphatic carbocycles. The lowest BCUT2D eigenvalue weighted by molar-refractivity contribution is -0.475. The van der Waals surface area contributed by atoms with Crippen LogP contribution in [-0.4, -0.2) is 62.3 Å². The number of fused-ring (bicyclic) bond motifs is 2. The van der Waals surface area contributed by atoms with Gasteiger partial charge in [-0.3, -0.25) is 0 Å². The van der Waals surface area contributed by atoms with E-state index in [-0.39, 0.29) is 17.9 Å². The molecule has 10 atom stereocenters. The molecule has 0 aromatic rings. The Morgan fingerprint density at radius 3 is 2.42 bits per heavy atom. The molecule has 4 bridgehead atoms. The van der Waals surface area contributed by atoms with Crippen molar-refractivity contribution in [3.63, 3.8) is 0 Å². The highest BCUT2D eigenvalue weighted by molar-refractivity contribution is 5.38. The third kappa shape index (κ3) is 1.49. The highest BCUT2D eigenvalue weighted by Crippen LogP contribution is 2.77. The fourth-order valence-corrected chi connectivity index (χ4v) is 8.29. The molecule has 2 spiro atoms. The van der Waals surface area contributed by atoms with Gasteiger partial charge in [0.1, 0.15) is 6.10 Å². The Morgan fingerprint density at radius 1 is 1.04 bits per heavy atom. The SMILES string of the molecule is C=C1C2C[C@H](O)[C@H]3C45CCCC(C)(C)[C@H]4[C@H](O)[C@](O)(OC5)C3(C2O)[C@@H]1O. The van der Waals surface area contributed by atoms with Gasteiger partial charge in [0.25, 0.3) is 0 Å². The van der Waals surface area contributed by atoms with E-state index in [9.17, 15) is 25.5 Å². The van der Waals surface area contributed by atoms with Crippen LogP contribution in [0.25, 0.3) is 0 Å². The molecule has 0 radical (unpaired) electrons. The molecule has 146 valence electrons. The van der Waals surface area contributed by atoms with Crippen LogP contribution in [0, 0.1) is 34.0 Å². The van der Waals surface area contributed by atoms with Crippen molar-refractivity contribution in [2.75, 3.05) is 6.61 Å². The van der Waals surface area contributed by atoms with E-state index in [4.69, 9.17) is 4.74 Å². The second-order valence-corrected chi connectivity index (χ2v) is 10.2. The van der Waals surface area contributed by atoms with Crippen molar-refractivity contribution in [1.29, 1.82) is 0 Å². The molecule has 6 fully saturated rings. The quantitative estimate of drug-likeness (QED) is 0.391. The van der Waals surface area contributed by atoms with Crippen LogP contribution in [0.5, 0.6) is 0 Å². The van der Waals surface area contributed by atoms with Crippen LogP contribution in [0.4, 0.5) is 0 Å². The maximum atomic E-state index is 11.7. The zero-order valence-electron chi connectivity index (χ0n) is 15.4. The second-order valence-electron chi connectivity index (χ2n) is 10.2. The van der Waals surface area contributed by atoms with E-state index in [0.717, 1.165) is 19.3 Å². The Kier molecular flexibility index (Phi) is 3.20. The number of hydrogen-bond donors (Lipinski definition) is 5. The molecule has 0 aromatic carbocycles. The summed E-state index contributed by atoms with van der Waals surface area (Å²) in [5.74, 6) is -3.40. The Hall–Kier alpha value is -0.500. The molecule has 2 aliphatic heterocycles. The topological polar surface area (TPSA) is 110 Å². The van der Waals surface area contributed by atoms with Crippen LogP contribution in [0.15, 0.2) is 12.2 Å². The lowest BCUT2D eigenvalue weighted by Crippen LogP contribution is -2.85. The maximum Gasteiger partial charge on any atom is 0.203 e. The molecule has 6 aliphatic rings. The molecule has 4 saturated carbocycles. The van der Waals surface area contributed by atoms with Gasteiger partial charge in [-0.25, -0.2) is 0 Å². The summed E-state index contributed by atoms with van der Waals surface area (Å²) in [6, 6.07) is 0. The van der Waals surface area contributed by atoms with Crippen LogP contribution in [0.1, 0.15) is 39.5 Å². The van der Waals surface area contributed by atoms with E-state index in [0.29, 0.717) is 12.0 Å². The standard InChI is InChI=1S/C20H30O6/c1-9-10-7-11(21)12-18-6-4-5-17(2,3)13(18)16(24)20(25,26-8-18)19(12,14(9)22)15(10)23/h10-16,21-25H,1,4-8H2,2-3H3/t10?,11-,12-,13+,14+,15?,16-,18?,19?,20-/m0/s1. The normalized spacial score (nSPS) is 62.7. The van der Waals surface area contributed by atoms with Gasteiger partial charge in [0.2, 0.25) is 5.79 Å². The molecule has 0 amide bonds. The van der Waals surface area contributed by atoms with Gasteiger partial charge in [0.05, 0.1) is 30.3 Å². The van der Waals surface area contributed by atoms with E-state index in [1.54, 1.807) is 0 Å². The van der Waals surface area contributed by atoms with Crippen molar-refractivity contribution in [3.05, 3.63) is 12.2 Å². The summed E-state index contributed by atoms with van der Waals surface area (Å²) in [7, 11) is 0. The van der Waals surface area contributed by atoms with Gasteiger partial charge in [0.15, 0.2) is 0 Å². The number of hydrogen-bond acceptors (Lipinski definition) is 6. The summed E-state index contributed by atoms with van der Waals surface area (Å²) in [5, 5.41) is 56.5. The lowest BCUT2D eigenvalue weighted by Gasteiger charge is -2.75. The first kappa shape index (κ1) is 17.6. The summed E-state index contributed by atoms with van der Waals surface area (Å²) >= 11 is 0. The number of rotatable bonds is 0. The van der Waals surface area contributed by atoms with Gasteiger partial charge < -0.3 is 30.3 Å². The molecule has 2 saturated heterocycles. The summed E-state index contributed by atoms with van der Waals surface area (Å²) in [6.07, 6.45) is -1.41. The van der Waals surface area contributed by atoms with Crippen molar-refractivity contribution in [2.45, 2.75) is 69.7 Å². The maximum absolute atomic E-state index is 11.7. The van der Waals surface area contributed by atoms with Crippen LogP contribution in [0.2, 0.25) is 0 Å². The zero-order valence-corrected chi connectivity index (χ0v) is 15.4. The van der Waals surface area contributed by atoms with Crippen molar-refractivity contribution >= 4 is 0 Å². The second kappa shape index (κ2) is 4.73. The summed E-state index contributed by atoms with van der Waals surface area (Å²) in [4.78, 5) is 0. The highest BCUT2D eigenvalue weighted by Gasteiger charge is 2.86. The van der Waals surface area contributed by atoms with E-state index in [2.05, 4.69) is 20.4 Å². The molecule has 0 aromatic heterocycles. The Morgan fingerprint density at radius 2 is 1.73 bits per heavy atom. The van der Waals surface area contributed by atoms with E-state index < -0.39 is 52.9 Å². The van der Waals surface area contributed by atoms with E-state index >= 15 is 0 Å². The number of ether oxygens (including phenoxy) is 1. The molecular formula is C20H30O6. The van der Waals surface area contributed by atoms with Crippen LogP contribution < -0.4 is 0 Å². The third-order valence-electron chi connectivity index (χ3n) is 8.99. The Balaban J connectivity index is 1.80. The minimum absolute atomic E-state index is 0.231. The smallest absolute Gasteiger partial charge is 0.203 e. The minimum Gasteiger partial charge on any atom is -0.393 e. The van der Waals surface area contributed by atoms with Crippen LogP contribution >= 0.6 is 0 Å². The average molecular weight is 366 g/mol. The molecule has 6 nitrogen and oxygen atoms in total. The first-order chi connectivity index (χ1) is 12.1. The van der Waals surface area contributed by atoms with Crippen molar-refractivity contribution in [3.8, 4) is 0 Å². The Bertz CT molecular complexity index is 677. The molecule has 4 unspecified atom stereocenters. The predicted molar refractivity (Wildman–Crippen MR) is 91.7 cm³/mol. The van der Waals surface area contributed by atoms with Gasteiger partial charge in [-0.05, 0) is 30.3 Å². The third-order valence-corrected chi connectivity index (χ3v) is 8.99. The molecule has 6 heteroatoms. The van der Waals surface area contributed by atoms with Crippen molar-refractivity contribution in [1.82, 2.24) is 0 Å². The molecule has 26 heavy (non-hydrogen) atoms. The van der Waals surface area contributed by atoms with Gasteiger partial charge in [0, 0.05) is 23.2 Å². The first-order valence-corrected chi connectivity index (χ1v) is 9.83. The first-order valence-electron chi connectivity index (χ1n) is 9.83. The number of aliphatic hydroxyl groups is 5. The lowest BCUT2D eigenvalue weighted by atomic mass is 9.35.